The summed E-state index contributed by atoms with van der Waals surface area (Å²) in [6.45, 7) is 5.18. The predicted octanol–water partition coefficient (Wildman–Crippen LogP) is 0.995. The topological polar surface area (TPSA) is 80.3 Å². The van der Waals surface area contributed by atoms with E-state index in [1.165, 1.54) is 13.8 Å². The molecule has 2 fully saturated rings. The average molecular weight is 302 g/mol. The summed E-state index contributed by atoms with van der Waals surface area (Å²) < 4.78 is 27.2. The third-order valence-corrected chi connectivity index (χ3v) is 3.55. The zero-order chi connectivity index (χ0) is 15.4. The van der Waals surface area contributed by atoms with Crippen LogP contribution in [0.3, 0.4) is 0 Å². The molecular weight excluding hydrogens is 280 g/mol. The van der Waals surface area contributed by atoms with Crippen molar-refractivity contribution in [2.75, 3.05) is 13.2 Å². The molecule has 0 aromatic carbocycles. The molecule has 2 aliphatic heterocycles. The van der Waals surface area contributed by atoms with E-state index < -0.39 is 24.5 Å². The Bertz CT molecular complexity index is 384. The van der Waals surface area contributed by atoms with Crippen molar-refractivity contribution in [1.82, 2.24) is 0 Å². The summed E-state index contributed by atoms with van der Waals surface area (Å²) >= 11 is 0. The quantitative estimate of drug-likeness (QED) is 0.701. The lowest BCUT2D eigenvalue weighted by atomic mass is 9.93. The van der Waals surface area contributed by atoms with Gasteiger partial charge in [-0.1, -0.05) is 0 Å². The van der Waals surface area contributed by atoms with Gasteiger partial charge in [0.25, 0.3) is 0 Å². The fourth-order valence-corrected chi connectivity index (χ4v) is 2.71. The van der Waals surface area contributed by atoms with Crippen LogP contribution in [0.5, 0.6) is 0 Å². The molecule has 0 radical (unpaired) electrons. The highest BCUT2D eigenvalue weighted by atomic mass is 16.8. The number of rotatable bonds is 5. The standard InChI is InChI=1S/C14H22O7/c1-4-17-13-6-10-5-11(19-9(3)16)12(7-18-8(2)15)20-14(10)21-13/h10-14H,4-7H2,1-3H3/t10-,11+,12-,13+,14+/m1/s1. The van der Waals surface area contributed by atoms with E-state index in [0.29, 0.717) is 19.4 Å². The van der Waals surface area contributed by atoms with Crippen molar-refractivity contribution in [3.63, 3.8) is 0 Å². The van der Waals surface area contributed by atoms with Gasteiger partial charge in [0.05, 0.1) is 0 Å². The van der Waals surface area contributed by atoms with E-state index in [1.807, 2.05) is 6.92 Å². The predicted molar refractivity (Wildman–Crippen MR) is 70.1 cm³/mol. The zero-order valence-corrected chi connectivity index (χ0v) is 12.6. The van der Waals surface area contributed by atoms with E-state index in [-0.39, 0.29) is 24.8 Å². The highest BCUT2D eigenvalue weighted by Gasteiger charge is 2.46. The van der Waals surface area contributed by atoms with Crippen molar-refractivity contribution >= 4 is 11.9 Å². The van der Waals surface area contributed by atoms with Gasteiger partial charge in [0.1, 0.15) is 18.8 Å². The van der Waals surface area contributed by atoms with Gasteiger partial charge in [-0.15, -0.1) is 0 Å². The SMILES string of the molecule is CCO[C@@H]1C[C@H]2C[C@H](OC(C)=O)[C@@H](COC(C)=O)O[C@H]2O1. The smallest absolute Gasteiger partial charge is 0.302 e. The van der Waals surface area contributed by atoms with Crippen molar-refractivity contribution in [2.24, 2.45) is 5.92 Å². The van der Waals surface area contributed by atoms with Gasteiger partial charge < -0.3 is 23.7 Å². The van der Waals surface area contributed by atoms with Gasteiger partial charge in [0.2, 0.25) is 0 Å². The molecule has 0 aromatic rings. The van der Waals surface area contributed by atoms with Crippen LogP contribution in [0.2, 0.25) is 0 Å². The Hall–Kier alpha value is -1.18. The second-order valence-corrected chi connectivity index (χ2v) is 5.25. The van der Waals surface area contributed by atoms with Crippen LogP contribution in [-0.4, -0.2) is 49.9 Å². The molecule has 2 aliphatic rings. The molecule has 0 unspecified atom stereocenters. The number of esters is 2. The normalized spacial score (nSPS) is 35.1. The summed E-state index contributed by atoms with van der Waals surface area (Å²) in [7, 11) is 0. The van der Waals surface area contributed by atoms with Crippen molar-refractivity contribution in [1.29, 1.82) is 0 Å². The molecule has 2 rings (SSSR count). The number of carbonyl (C=O) groups is 2. The van der Waals surface area contributed by atoms with Crippen LogP contribution >= 0.6 is 0 Å². The summed E-state index contributed by atoms with van der Waals surface area (Å²) in [5.41, 5.74) is 0. The van der Waals surface area contributed by atoms with Crippen LogP contribution in [0.15, 0.2) is 0 Å². The van der Waals surface area contributed by atoms with Crippen LogP contribution < -0.4 is 0 Å². The molecule has 7 heteroatoms. The fraction of sp³-hybridized carbons (Fsp3) is 0.857. The van der Waals surface area contributed by atoms with E-state index in [1.54, 1.807) is 0 Å². The second kappa shape index (κ2) is 7.20. The van der Waals surface area contributed by atoms with E-state index in [2.05, 4.69) is 0 Å². The maximum atomic E-state index is 11.2. The summed E-state index contributed by atoms with van der Waals surface area (Å²) in [5.74, 6) is -0.670. The van der Waals surface area contributed by atoms with Gasteiger partial charge in [0.15, 0.2) is 12.6 Å². The third kappa shape index (κ3) is 4.39. The highest BCUT2D eigenvalue weighted by Crippen LogP contribution is 2.38. The van der Waals surface area contributed by atoms with Crippen LogP contribution in [0, 0.1) is 5.92 Å². The van der Waals surface area contributed by atoms with Gasteiger partial charge in [-0.2, -0.15) is 0 Å². The number of fused-ring (bicyclic) bond motifs is 1. The Morgan fingerprint density at radius 2 is 1.90 bits per heavy atom. The molecule has 120 valence electrons. The molecule has 0 aliphatic carbocycles. The lowest BCUT2D eigenvalue weighted by Gasteiger charge is -2.36. The van der Waals surface area contributed by atoms with E-state index in [4.69, 9.17) is 23.7 Å². The average Bonchev–Trinajstić information content (AvgIpc) is 2.77. The van der Waals surface area contributed by atoms with Crippen molar-refractivity contribution in [3.8, 4) is 0 Å². The lowest BCUT2D eigenvalue weighted by Crippen LogP contribution is -2.47. The molecule has 0 bridgehead atoms. The van der Waals surface area contributed by atoms with E-state index in [9.17, 15) is 9.59 Å². The molecule has 7 nitrogen and oxygen atoms in total. The minimum atomic E-state index is -0.514. The summed E-state index contributed by atoms with van der Waals surface area (Å²) in [6, 6.07) is 0. The highest BCUT2D eigenvalue weighted by molar-refractivity contribution is 5.66. The molecule has 5 atom stereocenters. The van der Waals surface area contributed by atoms with E-state index in [0.717, 1.165) is 0 Å². The van der Waals surface area contributed by atoms with Crippen LogP contribution in [-0.2, 0) is 33.3 Å². The largest absolute Gasteiger partial charge is 0.463 e. The Morgan fingerprint density at radius 1 is 1.14 bits per heavy atom. The molecule has 0 spiro atoms. The molecule has 2 heterocycles. The lowest BCUT2D eigenvalue weighted by molar-refractivity contribution is -0.264. The molecule has 0 N–H and O–H groups in total. The first-order valence-corrected chi connectivity index (χ1v) is 7.22. The Balaban J connectivity index is 1.98. The summed E-state index contributed by atoms with van der Waals surface area (Å²) in [6.07, 6.45) is -0.341. The van der Waals surface area contributed by atoms with Crippen LogP contribution in [0.4, 0.5) is 0 Å². The number of hydrogen-bond acceptors (Lipinski definition) is 7. The summed E-state index contributed by atoms with van der Waals surface area (Å²) in [4.78, 5) is 22.2. The van der Waals surface area contributed by atoms with Crippen LogP contribution in [0.25, 0.3) is 0 Å². The van der Waals surface area contributed by atoms with Gasteiger partial charge in [0, 0.05) is 32.8 Å². The van der Waals surface area contributed by atoms with Crippen LogP contribution in [0.1, 0.15) is 33.6 Å². The molecule has 2 saturated heterocycles. The van der Waals surface area contributed by atoms with Crippen molar-refractivity contribution in [2.45, 2.75) is 58.4 Å². The van der Waals surface area contributed by atoms with Crippen molar-refractivity contribution in [3.05, 3.63) is 0 Å². The molecule has 0 aromatic heterocycles. The Labute approximate surface area is 123 Å². The number of hydrogen-bond donors (Lipinski definition) is 0. The van der Waals surface area contributed by atoms with Gasteiger partial charge >= 0.3 is 11.9 Å². The zero-order valence-electron chi connectivity index (χ0n) is 12.6. The minimum absolute atomic E-state index is 0.0408. The Kier molecular flexibility index (Phi) is 5.55. The minimum Gasteiger partial charge on any atom is -0.463 e. The van der Waals surface area contributed by atoms with Gasteiger partial charge in [-0.25, -0.2) is 0 Å². The summed E-state index contributed by atoms with van der Waals surface area (Å²) in [5, 5.41) is 0. The van der Waals surface area contributed by atoms with Gasteiger partial charge in [-0.3, -0.25) is 9.59 Å². The third-order valence-electron chi connectivity index (χ3n) is 3.55. The molecule has 0 saturated carbocycles. The van der Waals surface area contributed by atoms with E-state index >= 15 is 0 Å². The van der Waals surface area contributed by atoms with Gasteiger partial charge in [-0.05, 0) is 13.3 Å². The first kappa shape index (κ1) is 16.2. The number of carbonyl (C=O) groups excluding carboxylic acids is 2. The van der Waals surface area contributed by atoms with Crippen molar-refractivity contribution < 1.29 is 33.3 Å². The first-order chi connectivity index (χ1) is 9.99. The molecular formula is C14H22O7. The first-order valence-electron chi connectivity index (χ1n) is 7.22. The second-order valence-electron chi connectivity index (χ2n) is 5.25. The fourth-order valence-electron chi connectivity index (χ4n) is 2.71. The monoisotopic (exact) mass is 302 g/mol. The molecule has 21 heavy (non-hydrogen) atoms. The maximum Gasteiger partial charge on any atom is 0.302 e. The Morgan fingerprint density at radius 3 is 2.52 bits per heavy atom. The maximum absolute atomic E-state index is 11.2. The molecule has 0 amide bonds. The number of ether oxygens (including phenoxy) is 5.